The molecule has 0 atom stereocenters. The van der Waals surface area contributed by atoms with Crippen LogP contribution < -0.4 is 0 Å². The largest absolute Gasteiger partial charge is 0.320 e. The van der Waals surface area contributed by atoms with Crippen molar-refractivity contribution in [3.8, 4) is 0 Å². The summed E-state index contributed by atoms with van der Waals surface area (Å²) in [5.41, 5.74) is 5.72. The fourth-order valence-electron chi connectivity index (χ4n) is 3.66. The lowest BCUT2D eigenvalue weighted by molar-refractivity contribution is 0.312. The van der Waals surface area contributed by atoms with Crippen LogP contribution in [0.5, 0.6) is 0 Å². The zero-order valence-electron chi connectivity index (χ0n) is 14.7. The van der Waals surface area contributed by atoms with E-state index in [0.29, 0.717) is 0 Å². The van der Waals surface area contributed by atoms with Crippen molar-refractivity contribution in [2.45, 2.75) is 19.9 Å². The number of nitrogens with zero attached hydrogens (tertiary/aromatic N) is 2. The predicted molar refractivity (Wildman–Crippen MR) is 108 cm³/mol. The molecule has 0 saturated heterocycles. The summed E-state index contributed by atoms with van der Waals surface area (Å²) in [5.74, 6) is -0.398. The number of halogens is 3. The second-order valence-corrected chi connectivity index (χ2v) is 7.73. The minimum atomic E-state index is -0.398. The Hall–Kier alpha value is -1.81. The van der Waals surface area contributed by atoms with E-state index in [1.807, 2.05) is 19.1 Å². The molecule has 0 bridgehead atoms. The molecular formula is C21H19Cl2FN2. The van der Waals surface area contributed by atoms with Crippen LogP contribution in [-0.2, 0) is 13.0 Å². The second kappa shape index (κ2) is 6.73. The van der Waals surface area contributed by atoms with Crippen molar-refractivity contribution in [1.82, 2.24) is 9.47 Å². The van der Waals surface area contributed by atoms with Crippen molar-refractivity contribution in [2.75, 3.05) is 13.6 Å². The van der Waals surface area contributed by atoms with Gasteiger partial charge in [0.25, 0.3) is 0 Å². The normalized spacial score (nSPS) is 15.5. The molecule has 1 aliphatic rings. The van der Waals surface area contributed by atoms with Crippen molar-refractivity contribution in [3.63, 3.8) is 0 Å². The van der Waals surface area contributed by atoms with E-state index in [1.54, 1.807) is 12.1 Å². The molecule has 2 heterocycles. The highest BCUT2D eigenvalue weighted by atomic mass is 35.5. The molecule has 0 amide bonds. The van der Waals surface area contributed by atoms with Gasteiger partial charge in [0.1, 0.15) is 5.82 Å². The summed E-state index contributed by atoms with van der Waals surface area (Å²) in [6.45, 7) is 3.95. The highest BCUT2D eigenvalue weighted by molar-refractivity contribution is 6.31. The molecule has 134 valence electrons. The van der Waals surface area contributed by atoms with Gasteiger partial charge in [-0.1, -0.05) is 29.3 Å². The monoisotopic (exact) mass is 388 g/mol. The van der Waals surface area contributed by atoms with Crippen LogP contribution in [-0.4, -0.2) is 23.1 Å². The van der Waals surface area contributed by atoms with Crippen LogP contribution in [0.15, 0.2) is 36.4 Å². The number of benzene rings is 2. The maximum absolute atomic E-state index is 13.5. The first-order valence-corrected chi connectivity index (χ1v) is 9.33. The predicted octanol–water partition coefficient (Wildman–Crippen LogP) is 6.09. The minimum Gasteiger partial charge on any atom is -0.320 e. The van der Waals surface area contributed by atoms with Crippen LogP contribution in [0, 0.1) is 5.82 Å². The zero-order valence-corrected chi connectivity index (χ0v) is 16.2. The molecule has 5 heteroatoms. The smallest absolute Gasteiger partial charge is 0.141 e. The van der Waals surface area contributed by atoms with E-state index in [4.69, 9.17) is 23.2 Å². The number of fused-ring (bicyclic) bond motifs is 3. The number of hydrogen-bond acceptors (Lipinski definition) is 1. The lowest BCUT2D eigenvalue weighted by Gasteiger charge is -2.23. The van der Waals surface area contributed by atoms with Gasteiger partial charge in [-0.15, -0.1) is 0 Å². The van der Waals surface area contributed by atoms with Crippen LogP contribution in [0.2, 0.25) is 10.0 Å². The van der Waals surface area contributed by atoms with Crippen molar-refractivity contribution in [2.24, 2.45) is 0 Å². The Morgan fingerprint density at radius 1 is 1.15 bits per heavy atom. The molecule has 2 nitrogen and oxygen atoms in total. The molecule has 26 heavy (non-hydrogen) atoms. The Morgan fingerprint density at radius 3 is 2.73 bits per heavy atom. The van der Waals surface area contributed by atoms with Gasteiger partial charge in [-0.3, -0.25) is 0 Å². The van der Waals surface area contributed by atoms with E-state index in [1.165, 1.54) is 22.7 Å². The van der Waals surface area contributed by atoms with Crippen molar-refractivity contribution in [1.29, 1.82) is 0 Å². The van der Waals surface area contributed by atoms with Gasteiger partial charge in [0.05, 0.1) is 10.5 Å². The average Bonchev–Trinajstić information content (AvgIpc) is 2.90. The Labute approximate surface area is 162 Å². The molecule has 1 aromatic heterocycles. The first-order chi connectivity index (χ1) is 12.4. The zero-order chi connectivity index (χ0) is 18.4. The first kappa shape index (κ1) is 17.6. The maximum Gasteiger partial charge on any atom is 0.141 e. The summed E-state index contributed by atoms with van der Waals surface area (Å²) < 4.78 is 15.7. The Morgan fingerprint density at radius 2 is 1.96 bits per heavy atom. The number of aromatic nitrogens is 1. The lowest BCUT2D eigenvalue weighted by Crippen LogP contribution is -2.26. The van der Waals surface area contributed by atoms with Gasteiger partial charge in [-0.05, 0) is 61.0 Å². The molecule has 0 unspecified atom stereocenters. The minimum absolute atomic E-state index is 0.142. The summed E-state index contributed by atoms with van der Waals surface area (Å²) in [4.78, 5) is 2.32. The van der Waals surface area contributed by atoms with Gasteiger partial charge < -0.3 is 9.47 Å². The van der Waals surface area contributed by atoms with Crippen LogP contribution >= 0.6 is 23.2 Å². The van der Waals surface area contributed by atoms with Crippen molar-refractivity contribution < 1.29 is 4.39 Å². The van der Waals surface area contributed by atoms with E-state index in [9.17, 15) is 4.39 Å². The molecular weight excluding hydrogens is 370 g/mol. The van der Waals surface area contributed by atoms with Crippen LogP contribution in [0.25, 0.3) is 22.7 Å². The molecule has 0 aliphatic carbocycles. The molecule has 0 N–H and O–H groups in total. The van der Waals surface area contributed by atoms with Gasteiger partial charge >= 0.3 is 0 Å². The molecule has 4 rings (SSSR count). The van der Waals surface area contributed by atoms with Crippen molar-refractivity contribution >= 4 is 45.9 Å². The second-order valence-electron chi connectivity index (χ2n) is 6.89. The van der Waals surface area contributed by atoms with Crippen LogP contribution in [0.4, 0.5) is 4.39 Å². The topological polar surface area (TPSA) is 8.17 Å². The third-order valence-corrected chi connectivity index (χ3v) is 5.56. The fraction of sp³-hybridized carbons (Fsp3) is 0.238. The van der Waals surface area contributed by atoms with Crippen molar-refractivity contribution in [3.05, 3.63) is 69.1 Å². The number of allylic oxidation sites excluding steroid dienone is 1. The molecule has 2 aromatic carbocycles. The van der Waals surface area contributed by atoms with E-state index >= 15 is 0 Å². The Balaban J connectivity index is 1.89. The highest BCUT2D eigenvalue weighted by Gasteiger charge is 2.22. The standard InChI is InChI=1S/C21H19Cl2FN2/c1-13(14-3-5-19(24)18(23)9-14)11-26-20-6-4-15(22)10-16(20)17-12-25(2)8-7-21(17)26/h3-6,9-11H,7-8,12H2,1-2H3. The summed E-state index contributed by atoms with van der Waals surface area (Å²) in [7, 11) is 2.14. The summed E-state index contributed by atoms with van der Waals surface area (Å²) >= 11 is 12.2. The lowest BCUT2D eigenvalue weighted by atomic mass is 10.1. The van der Waals surface area contributed by atoms with E-state index in [-0.39, 0.29) is 5.02 Å². The quantitative estimate of drug-likeness (QED) is 0.515. The summed E-state index contributed by atoms with van der Waals surface area (Å²) in [6.07, 6.45) is 3.09. The number of likely N-dealkylation sites (N-methyl/N-ethyl adjacent to an activating group) is 1. The van der Waals surface area contributed by atoms with Crippen LogP contribution in [0.1, 0.15) is 23.7 Å². The molecule has 0 saturated carbocycles. The van der Waals surface area contributed by atoms with Crippen LogP contribution in [0.3, 0.4) is 0 Å². The summed E-state index contributed by atoms with van der Waals surface area (Å²) in [5, 5.41) is 2.08. The maximum atomic E-state index is 13.5. The third kappa shape index (κ3) is 3.05. The summed E-state index contributed by atoms with van der Waals surface area (Å²) in [6, 6.07) is 10.9. The molecule has 0 spiro atoms. The van der Waals surface area contributed by atoms with E-state index in [2.05, 4.69) is 28.8 Å². The van der Waals surface area contributed by atoms with Gasteiger partial charge in [-0.25, -0.2) is 4.39 Å². The van der Waals surface area contributed by atoms with Gasteiger partial charge in [0.15, 0.2) is 0 Å². The highest BCUT2D eigenvalue weighted by Crippen LogP contribution is 2.34. The molecule has 3 aromatic rings. The molecule has 0 fully saturated rings. The number of hydrogen-bond donors (Lipinski definition) is 0. The molecule has 0 radical (unpaired) electrons. The van der Waals surface area contributed by atoms with Gasteiger partial charge in [0.2, 0.25) is 0 Å². The Bertz CT molecular complexity index is 1040. The fourth-order valence-corrected chi connectivity index (χ4v) is 4.01. The molecule has 1 aliphatic heterocycles. The van der Waals surface area contributed by atoms with E-state index in [0.717, 1.165) is 41.2 Å². The Kier molecular flexibility index (Phi) is 4.55. The van der Waals surface area contributed by atoms with Gasteiger partial charge in [-0.2, -0.15) is 0 Å². The number of rotatable bonds is 2. The van der Waals surface area contributed by atoms with E-state index < -0.39 is 5.82 Å². The first-order valence-electron chi connectivity index (χ1n) is 8.57. The average molecular weight is 389 g/mol. The van der Waals surface area contributed by atoms with Gasteiger partial charge in [0, 0.05) is 41.8 Å². The SMILES string of the molecule is CC(=Cn1c2c(c3cc(Cl)ccc31)CN(C)CC2)c1ccc(F)c(Cl)c1. The third-order valence-electron chi connectivity index (χ3n) is 5.04.